The fourth-order valence-electron chi connectivity index (χ4n) is 2.30. The van der Waals surface area contributed by atoms with Gasteiger partial charge in [-0.15, -0.1) is 0 Å². The predicted octanol–water partition coefficient (Wildman–Crippen LogP) is 1.05. The zero-order valence-corrected chi connectivity index (χ0v) is 13.2. The van der Waals surface area contributed by atoms with E-state index in [1.54, 1.807) is 24.3 Å². The minimum Gasteiger partial charge on any atom is -0.354 e. The minimum atomic E-state index is -0.304. The van der Waals surface area contributed by atoms with E-state index < -0.39 is 0 Å². The van der Waals surface area contributed by atoms with Crippen LogP contribution in [0.3, 0.4) is 0 Å². The molecule has 0 bridgehead atoms. The highest BCUT2D eigenvalue weighted by Gasteiger charge is 2.26. The lowest BCUT2D eigenvalue weighted by atomic mass is 10.1. The lowest BCUT2D eigenvalue weighted by Gasteiger charge is -2.06. The molecule has 0 aliphatic heterocycles. The van der Waals surface area contributed by atoms with E-state index in [1.807, 2.05) is 0 Å². The molecule has 0 unspecified atom stereocenters. The average Bonchev–Trinajstić information content (AvgIpc) is 3.32. The van der Waals surface area contributed by atoms with Gasteiger partial charge < -0.3 is 10.6 Å². The summed E-state index contributed by atoms with van der Waals surface area (Å²) >= 11 is 0. The smallest absolute Gasteiger partial charge is 0.272 e. The van der Waals surface area contributed by atoms with Crippen LogP contribution >= 0.6 is 0 Å². The fraction of sp³-hybridized carbons (Fsp3) is 0.294. The number of nitriles is 1. The summed E-state index contributed by atoms with van der Waals surface area (Å²) < 4.78 is 1.50. The number of rotatable bonds is 5. The van der Waals surface area contributed by atoms with Gasteiger partial charge >= 0.3 is 0 Å². The van der Waals surface area contributed by atoms with Crippen LogP contribution in [0.25, 0.3) is 0 Å². The van der Waals surface area contributed by atoms with Crippen molar-refractivity contribution in [2.45, 2.75) is 25.4 Å². The molecule has 1 fully saturated rings. The zero-order chi connectivity index (χ0) is 17.1. The number of carbonyl (C=O) groups is 2. The standard InChI is InChI=1S/C17H17N5O2/c1-19-17(24)15-8-14(16(23)20-13-6-7-13)21-22(15)10-12-4-2-11(9-18)3-5-12/h2-5,8,13H,6-7,10H2,1H3,(H,19,24)(H,20,23). The highest BCUT2D eigenvalue weighted by Crippen LogP contribution is 2.19. The first-order chi connectivity index (χ1) is 11.6. The van der Waals surface area contributed by atoms with E-state index in [0.29, 0.717) is 17.8 Å². The SMILES string of the molecule is CNC(=O)c1cc(C(=O)NC2CC2)nn1Cc1ccc(C#N)cc1. The third-order valence-electron chi connectivity index (χ3n) is 3.80. The van der Waals surface area contributed by atoms with Crippen molar-refractivity contribution in [1.82, 2.24) is 20.4 Å². The number of benzene rings is 1. The molecule has 1 aliphatic carbocycles. The Morgan fingerprint density at radius 2 is 2.00 bits per heavy atom. The van der Waals surface area contributed by atoms with Gasteiger partial charge in [0.05, 0.1) is 18.2 Å². The zero-order valence-electron chi connectivity index (χ0n) is 13.2. The predicted molar refractivity (Wildman–Crippen MR) is 86.4 cm³/mol. The Hall–Kier alpha value is -3.14. The summed E-state index contributed by atoms with van der Waals surface area (Å²) in [5.74, 6) is -0.567. The van der Waals surface area contributed by atoms with Crippen LogP contribution in [0.4, 0.5) is 0 Å². The third-order valence-corrected chi connectivity index (χ3v) is 3.80. The van der Waals surface area contributed by atoms with Gasteiger partial charge in [0.2, 0.25) is 0 Å². The second-order valence-electron chi connectivity index (χ2n) is 5.71. The average molecular weight is 323 g/mol. The van der Waals surface area contributed by atoms with Crippen molar-refractivity contribution in [1.29, 1.82) is 5.26 Å². The maximum Gasteiger partial charge on any atom is 0.272 e. The molecule has 3 rings (SSSR count). The number of carbonyl (C=O) groups excluding carboxylic acids is 2. The maximum absolute atomic E-state index is 12.2. The van der Waals surface area contributed by atoms with Crippen molar-refractivity contribution < 1.29 is 9.59 Å². The van der Waals surface area contributed by atoms with Crippen LogP contribution in [-0.4, -0.2) is 34.7 Å². The summed E-state index contributed by atoms with van der Waals surface area (Å²) in [5.41, 5.74) is 2.00. The van der Waals surface area contributed by atoms with E-state index in [2.05, 4.69) is 21.8 Å². The van der Waals surface area contributed by atoms with Crippen molar-refractivity contribution >= 4 is 11.8 Å². The van der Waals surface area contributed by atoms with Crippen molar-refractivity contribution in [2.75, 3.05) is 7.05 Å². The van der Waals surface area contributed by atoms with Gasteiger partial charge in [-0.2, -0.15) is 10.4 Å². The van der Waals surface area contributed by atoms with Crippen molar-refractivity contribution in [3.05, 3.63) is 52.8 Å². The molecular weight excluding hydrogens is 306 g/mol. The third kappa shape index (κ3) is 3.43. The molecule has 2 aromatic rings. The lowest BCUT2D eigenvalue weighted by Crippen LogP contribution is -2.25. The number of amides is 2. The molecule has 0 radical (unpaired) electrons. The van der Waals surface area contributed by atoms with Gasteiger partial charge in [-0.1, -0.05) is 12.1 Å². The van der Waals surface area contributed by atoms with Gasteiger partial charge in [0.1, 0.15) is 5.69 Å². The van der Waals surface area contributed by atoms with Gasteiger partial charge in [-0.05, 0) is 30.5 Å². The Morgan fingerprint density at radius 3 is 2.58 bits per heavy atom. The van der Waals surface area contributed by atoms with Crippen LogP contribution in [0.15, 0.2) is 30.3 Å². The quantitative estimate of drug-likeness (QED) is 0.859. The molecule has 1 saturated carbocycles. The number of hydrogen-bond acceptors (Lipinski definition) is 4. The molecule has 0 atom stereocenters. The summed E-state index contributed by atoms with van der Waals surface area (Å²) in [6.07, 6.45) is 1.97. The van der Waals surface area contributed by atoms with Crippen LogP contribution in [0, 0.1) is 11.3 Å². The van der Waals surface area contributed by atoms with Crippen LogP contribution in [-0.2, 0) is 6.54 Å². The van der Waals surface area contributed by atoms with E-state index in [0.717, 1.165) is 18.4 Å². The van der Waals surface area contributed by atoms with E-state index in [-0.39, 0.29) is 23.6 Å². The summed E-state index contributed by atoms with van der Waals surface area (Å²) in [7, 11) is 1.53. The van der Waals surface area contributed by atoms with Crippen molar-refractivity contribution in [3.63, 3.8) is 0 Å². The highest BCUT2D eigenvalue weighted by molar-refractivity contribution is 5.98. The first-order valence-corrected chi connectivity index (χ1v) is 7.70. The van der Waals surface area contributed by atoms with Crippen LogP contribution in [0.2, 0.25) is 0 Å². The van der Waals surface area contributed by atoms with E-state index in [9.17, 15) is 9.59 Å². The van der Waals surface area contributed by atoms with Crippen LogP contribution in [0.1, 0.15) is 44.9 Å². The van der Waals surface area contributed by atoms with E-state index in [1.165, 1.54) is 17.8 Å². The Kier molecular flexibility index (Phi) is 4.29. The monoisotopic (exact) mass is 323 g/mol. The van der Waals surface area contributed by atoms with E-state index >= 15 is 0 Å². The molecule has 122 valence electrons. The van der Waals surface area contributed by atoms with Crippen LogP contribution < -0.4 is 10.6 Å². The molecule has 7 nitrogen and oxygen atoms in total. The molecular formula is C17H17N5O2. The molecule has 1 aliphatic rings. The van der Waals surface area contributed by atoms with Gasteiger partial charge in [0.25, 0.3) is 11.8 Å². The largest absolute Gasteiger partial charge is 0.354 e. The van der Waals surface area contributed by atoms with Gasteiger partial charge in [-0.25, -0.2) is 0 Å². The highest BCUT2D eigenvalue weighted by atomic mass is 16.2. The first-order valence-electron chi connectivity index (χ1n) is 7.70. The Balaban J connectivity index is 1.86. The molecule has 2 amide bonds. The fourth-order valence-corrected chi connectivity index (χ4v) is 2.30. The molecule has 0 saturated heterocycles. The molecule has 0 spiro atoms. The summed E-state index contributed by atoms with van der Waals surface area (Å²) in [5, 5.41) is 18.5. The second-order valence-corrected chi connectivity index (χ2v) is 5.71. The summed E-state index contributed by atoms with van der Waals surface area (Å²) in [6.45, 7) is 0.338. The molecule has 1 aromatic heterocycles. The number of nitrogens with zero attached hydrogens (tertiary/aromatic N) is 3. The number of hydrogen-bond donors (Lipinski definition) is 2. The van der Waals surface area contributed by atoms with Crippen molar-refractivity contribution in [3.8, 4) is 6.07 Å². The normalized spacial score (nSPS) is 13.2. The topological polar surface area (TPSA) is 99.8 Å². The Morgan fingerprint density at radius 1 is 1.29 bits per heavy atom. The van der Waals surface area contributed by atoms with Gasteiger partial charge in [0, 0.05) is 19.2 Å². The second kappa shape index (κ2) is 6.54. The first kappa shape index (κ1) is 15.7. The molecule has 7 heteroatoms. The molecule has 1 heterocycles. The molecule has 24 heavy (non-hydrogen) atoms. The van der Waals surface area contributed by atoms with E-state index in [4.69, 9.17) is 5.26 Å². The van der Waals surface area contributed by atoms with Gasteiger partial charge in [-0.3, -0.25) is 14.3 Å². The summed E-state index contributed by atoms with van der Waals surface area (Å²) in [4.78, 5) is 24.2. The Labute approximate surface area is 139 Å². The summed E-state index contributed by atoms with van der Waals surface area (Å²) in [6, 6.07) is 10.8. The maximum atomic E-state index is 12.2. The van der Waals surface area contributed by atoms with Crippen molar-refractivity contribution in [2.24, 2.45) is 0 Å². The Bertz CT molecular complexity index is 812. The molecule has 1 aromatic carbocycles. The van der Waals surface area contributed by atoms with Gasteiger partial charge in [0.15, 0.2) is 5.69 Å². The minimum absolute atomic E-state index is 0.227. The molecule has 2 N–H and O–H groups in total. The lowest BCUT2D eigenvalue weighted by molar-refractivity contribution is 0.0940. The van der Waals surface area contributed by atoms with Crippen LogP contribution in [0.5, 0.6) is 0 Å². The number of aromatic nitrogens is 2. The number of nitrogens with one attached hydrogen (secondary N) is 2.